The molecule has 1 N–H and O–H groups in total. The number of allylic oxidation sites excluding steroid dienone is 1. The van der Waals surface area contributed by atoms with Gasteiger partial charge in [0.1, 0.15) is 0 Å². The van der Waals surface area contributed by atoms with Gasteiger partial charge in [-0.1, -0.05) is 42.5 Å². The predicted molar refractivity (Wildman–Crippen MR) is 56.9 cm³/mol. The van der Waals surface area contributed by atoms with E-state index in [0.29, 0.717) is 5.57 Å². The molecule has 0 heterocycles. The average molecular weight is 188 g/mol. The number of hydrogen-bond acceptors (Lipinski definition) is 1. The molecule has 0 aromatic heterocycles. The van der Waals surface area contributed by atoms with Crippen molar-refractivity contribution in [2.24, 2.45) is 0 Å². The summed E-state index contributed by atoms with van der Waals surface area (Å²) >= 11 is 0. The van der Waals surface area contributed by atoms with Crippen molar-refractivity contribution in [2.45, 2.75) is 6.92 Å². The maximum atomic E-state index is 10.8. The van der Waals surface area contributed by atoms with Crippen LogP contribution in [0.4, 0.5) is 0 Å². The minimum Gasteiger partial charge on any atom is -0.478 e. The Bertz CT molecular complexity index is 361. The zero-order chi connectivity index (χ0) is 10.4. The summed E-state index contributed by atoms with van der Waals surface area (Å²) in [5.41, 5.74) is 1.18. The summed E-state index contributed by atoms with van der Waals surface area (Å²) < 4.78 is 0. The molecule has 0 bridgehead atoms. The molecular weight excluding hydrogens is 176 g/mol. The summed E-state index contributed by atoms with van der Waals surface area (Å²) in [5.74, 6) is -0.910. The van der Waals surface area contributed by atoms with E-state index in [2.05, 4.69) is 0 Å². The van der Waals surface area contributed by atoms with Gasteiger partial charge in [-0.15, -0.1) is 0 Å². The highest BCUT2D eigenvalue weighted by Crippen LogP contribution is 2.07. The minimum atomic E-state index is -0.910. The summed E-state index contributed by atoms with van der Waals surface area (Å²) in [6, 6.07) is 9.38. The first kappa shape index (κ1) is 10.3. The standard InChI is InChI=1S/C12H12O2/c1-2-6-11(12(13)14)9-10-7-4-3-5-8-10/h2-9H,1H3,(H,13,14). The van der Waals surface area contributed by atoms with E-state index in [1.807, 2.05) is 30.3 Å². The second-order valence-electron chi connectivity index (χ2n) is 2.82. The summed E-state index contributed by atoms with van der Waals surface area (Å²) in [4.78, 5) is 10.8. The second kappa shape index (κ2) is 5.02. The van der Waals surface area contributed by atoms with Crippen molar-refractivity contribution in [1.82, 2.24) is 0 Å². The van der Waals surface area contributed by atoms with E-state index in [-0.39, 0.29) is 0 Å². The molecule has 1 aromatic rings. The van der Waals surface area contributed by atoms with Crippen LogP contribution in [0.15, 0.2) is 48.1 Å². The quantitative estimate of drug-likeness (QED) is 0.585. The highest BCUT2D eigenvalue weighted by Gasteiger charge is 2.01. The first-order chi connectivity index (χ1) is 6.74. The largest absolute Gasteiger partial charge is 0.478 e. The molecule has 0 atom stereocenters. The summed E-state index contributed by atoms with van der Waals surface area (Å²) in [5, 5.41) is 8.85. The normalized spacial score (nSPS) is 11.9. The molecule has 0 radical (unpaired) electrons. The number of carbonyl (C=O) groups is 1. The van der Waals surface area contributed by atoms with E-state index in [1.54, 1.807) is 25.2 Å². The lowest BCUT2D eigenvalue weighted by atomic mass is 10.1. The van der Waals surface area contributed by atoms with Crippen LogP contribution in [0.2, 0.25) is 0 Å². The molecule has 0 aliphatic heterocycles. The van der Waals surface area contributed by atoms with Crippen molar-refractivity contribution >= 4 is 12.0 Å². The van der Waals surface area contributed by atoms with Crippen LogP contribution >= 0.6 is 0 Å². The Kier molecular flexibility index (Phi) is 3.68. The SMILES string of the molecule is CC=CC(=Cc1ccccc1)C(=O)O. The Balaban J connectivity index is 2.99. The fourth-order valence-electron chi connectivity index (χ4n) is 1.09. The Morgan fingerprint density at radius 2 is 1.93 bits per heavy atom. The number of rotatable bonds is 3. The van der Waals surface area contributed by atoms with Crippen LogP contribution in [0.5, 0.6) is 0 Å². The molecule has 1 rings (SSSR count). The van der Waals surface area contributed by atoms with E-state index < -0.39 is 5.97 Å². The van der Waals surface area contributed by atoms with Crippen molar-refractivity contribution < 1.29 is 9.90 Å². The van der Waals surface area contributed by atoms with Crippen LogP contribution in [-0.2, 0) is 4.79 Å². The van der Waals surface area contributed by atoms with Crippen LogP contribution in [0.25, 0.3) is 6.08 Å². The van der Waals surface area contributed by atoms with Gasteiger partial charge in [0.05, 0.1) is 5.57 Å². The predicted octanol–water partition coefficient (Wildman–Crippen LogP) is 2.73. The van der Waals surface area contributed by atoms with Crippen molar-refractivity contribution in [3.05, 3.63) is 53.6 Å². The molecule has 14 heavy (non-hydrogen) atoms. The van der Waals surface area contributed by atoms with E-state index in [1.165, 1.54) is 0 Å². The fourth-order valence-corrected chi connectivity index (χ4v) is 1.09. The number of carboxylic acid groups (broad SMARTS) is 1. The molecule has 72 valence electrons. The van der Waals surface area contributed by atoms with Crippen LogP contribution in [0.1, 0.15) is 12.5 Å². The number of hydrogen-bond donors (Lipinski definition) is 1. The monoisotopic (exact) mass is 188 g/mol. The molecule has 0 amide bonds. The highest BCUT2D eigenvalue weighted by atomic mass is 16.4. The first-order valence-electron chi connectivity index (χ1n) is 4.37. The first-order valence-corrected chi connectivity index (χ1v) is 4.37. The molecule has 0 spiro atoms. The third-order valence-electron chi connectivity index (χ3n) is 1.71. The molecule has 0 saturated heterocycles. The highest BCUT2D eigenvalue weighted by molar-refractivity contribution is 5.95. The van der Waals surface area contributed by atoms with E-state index >= 15 is 0 Å². The lowest BCUT2D eigenvalue weighted by Crippen LogP contribution is -1.96. The molecule has 1 aromatic carbocycles. The summed E-state index contributed by atoms with van der Waals surface area (Å²) in [6.45, 7) is 1.79. The van der Waals surface area contributed by atoms with E-state index in [0.717, 1.165) is 5.56 Å². The average Bonchev–Trinajstić information content (AvgIpc) is 2.18. The van der Waals surface area contributed by atoms with Gasteiger partial charge in [-0.05, 0) is 18.6 Å². The molecular formula is C12H12O2. The van der Waals surface area contributed by atoms with Crippen molar-refractivity contribution in [2.75, 3.05) is 0 Å². The third kappa shape index (κ3) is 2.90. The van der Waals surface area contributed by atoms with Gasteiger partial charge >= 0.3 is 5.97 Å². The van der Waals surface area contributed by atoms with Gasteiger partial charge in [-0.25, -0.2) is 4.79 Å². The lowest BCUT2D eigenvalue weighted by Gasteiger charge is -1.95. The van der Waals surface area contributed by atoms with Gasteiger partial charge in [-0.2, -0.15) is 0 Å². The van der Waals surface area contributed by atoms with Crippen LogP contribution in [-0.4, -0.2) is 11.1 Å². The summed E-state index contributed by atoms with van der Waals surface area (Å²) in [6.07, 6.45) is 4.93. The van der Waals surface area contributed by atoms with Gasteiger partial charge in [-0.3, -0.25) is 0 Å². The van der Waals surface area contributed by atoms with Gasteiger partial charge in [0.15, 0.2) is 0 Å². The molecule has 2 nitrogen and oxygen atoms in total. The maximum absolute atomic E-state index is 10.8. The third-order valence-corrected chi connectivity index (χ3v) is 1.71. The molecule has 0 aliphatic rings. The Morgan fingerprint density at radius 1 is 1.29 bits per heavy atom. The van der Waals surface area contributed by atoms with Crippen LogP contribution < -0.4 is 0 Å². The molecule has 0 fully saturated rings. The van der Waals surface area contributed by atoms with Crippen LogP contribution in [0.3, 0.4) is 0 Å². The number of aliphatic carboxylic acids is 1. The molecule has 0 unspecified atom stereocenters. The zero-order valence-corrected chi connectivity index (χ0v) is 7.97. The Hall–Kier alpha value is -1.83. The van der Waals surface area contributed by atoms with Crippen molar-refractivity contribution in [3.8, 4) is 0 Å². The van der Waals surface area contributed by atoms with Gasteiger partial charge < -0.3 is 5.11 Å². The maximum Gasteiger partial charge on any atom is 0.335 e. The van der Waals surface area contributed by atoms with Gasteiger partial charge in [0.25, 0.3) is 0 Å². The van der Waals surface area contributed by atoms with Gasteiger partial charge in [0.2, 0.25) is 0 Å². The van der Waals surface area contributed by atoms with Crippen molar-refractivity contribution in [1.29, 1.82) is 0 Å². The second-order valence-corrected chi connectivity index (χ2v) is 2.82. The zero-order valence-electron chi connectivity index (χ0n) is 7.97. The molecule has 2 heteroatoms. The van der Waals surface area contributed by atoms with Crippen LogP contribution in [0, 0.1) is 0 Å². The van der Waals surface area contributed by atoms with Crippen molar-refractivity contribution in [3.63, 3.8) is 0 Å². The summed E-state index contributed by atoms with van der Waals surface area (Å²) in [7, 11) is 0. The smallest absolute Gasteiger partial charge is 0.335 e. The Morgan fingerprint density at radius 3 is 2.43 bits per heavy atom. The topological polar surface area (TPSA) is 37.3 Å². The lowest BCUT2D eigenvalue weighted by molar-refractivity contribution is -0.132. The fraction of sp³-hybridized carbons (Fsp3) is 0.0833. The van der Waals surface area contributed by atoms with E-state index in [9.17, 15) is 4.79 Å². The number of benzene rings is 1. The van der Waals surface area contributed by atoms with E-state index in [4.69, 9.17) is 5.11 Å². The number of carboxylic acids is 1. The molecule has 0 aliphatic carbocycles. The Labute approximate surface area is 83.2 Å². The minimum absolute atomic E-state index is 0.290. The van der Waals surface area contributed by atoms with Gasteiger partial charge in [0, 0.05) is 0 Å². The molecule has 0 saturated carbocycles.